The monoisotopic (exact) mass is 513 g/mol. The predicted molar refractivity (Wildman–Crippen MR) is 142 cm³/mol. The second-order valence-corrected chi connectivity index (χ2v) is 10.1. The molecule has 2 aromatic heterocycles. The number of amides is 1. The van der Waals surface area contributed by atoms with E-state index in [1.807, 2.05) is 36.1 Å². The number of β-amino-alcohol motifs (C(OH)–C–C–N with tert-alkyl or cyclic N) is 1. The zero-order valence-electron chi connectivity index (χ0n) is 21.2. The Balaban J connectivity index is 1.19. The van der Waals surface area contributed by atoms with Gasteiger partial charge in [0.2, 0.25) is 11.7 Å². The molecule has 2 aromatic carbocycles. The molecule has 11 nitrogen and oxygen atoms in total. The maximum atomic E-state index is 13.1. The zero-order valence-corrected chi connectivity index (χ0v) is 21.2. The van der Waals surface area contributed by atoms with Gasteiger partial charge < -0.3 is 30.1 Å². The molecule has 194 valence electrons. The van der Waals surface area contributed by atoms with E-state index < -0.39 is 5.41 Å². The first-order chi connectivity index (χ1) is 18.4. The molecule has 2 aliphatic heterocycles. The number of nitrogens with zero attached hydrogens (tertiary/aromatic N) is 4. The number of H-pyrrole nitrogens is 1. The van der Waals surface area contributed by atoms with Gasteiger partial charge in [0.25, 0.3) is 0 Å². The molecule has 2 atom stereocenters. The topological polar surface area (TPSA) is 138 Å². The van der Waals surface area contributed by atoms with Crippen molar-refractivity contribution in [3.63, 3.8) is 0 Å². The minimum atomic E-state index is -0.564. The third kappa shape index (κ3) is 3.24. The van der Waals surface area contributed by atoms with Crippen molar-refractivity contribution in [1.82, 2.24) is 20.2 Å². The van der Waals surface area contributed by atoms with Crippen LogP contribution in [-0.4, -0.2) is 64.6 Å². The van der Waals surface area contributed by atoms with Crippen LogP contribution < -0.4 is 25.0 Å². The number of aromatic amines is 1. The summed E-state index contributed by atoms with van der Waals surface area (Å²) in [7, 11) is 3.21. The van der Waals surface area contributed by atoms with Gasteiger partial charge in [-0.3, -0.25) is 9.89 Å². The highest BCUT2D eigenvalue weighted by atomic mass is 16.5. The smallest absolute Gasteiger partial charge is 0.235 e. The number of anilines is 4. The lowest BCUT2D eigenvalue weighted by Gasteiger charge is -2.37. The Morgan fingerprint density at radius 2 is 1.95 bits per heavy atom. The van der Waals surface area contributed by atoms with Crippen molar-refractivity contribution in [1.29, 1.82) is 0 Å². The Kier molecular flexibility index (Phi) is 4.83. The number of hydrogen-bond acceptors (Lipinski definition) is 9. The molecular formula is C27H27N7O4. The minimum Gasteiger partial charge on any atom is -0.497 e. The SMILES string of the molecule is COc1ccc2c(c1)[C@]1(C[C@H]1c1ccc3c(Nc4nc(C)nc(N5CC(O)C5)c4OC)n[nH]c3c1)C(=O)N2. The average molecular weight is 514 g/mol. The predicted octanol–water partition coefficient (Wildman–Crippen LogP) is 2.98. The van der Waals surface area contributed by atoms with Gasteiger partial charge in [-0.05, 0) is 54.8 Å². The van der Waals surface area contributed by atoms with Crippen molar-refractivity contribution in [3.05, 3.63) is 53.3 Å². The highest BCUT2D eigenvalue weighted by Gasteiger charge is 2.65. The number of benzene rings is 2. The van der Waals surface area contributed by atoms with Gasteiger partial charge in [-0.2, -0.15) is 5.10 Å². The van der Waals surface area contributed by atoms with Crippen LogP contribution in [0.25, 0.3) is 10.9 Å². The molecule has 11 heteroatoms. The summed E-state index contributed by atoms with van der Waals surface area (Å²) in [6, 6.07) is 11.9. The Labute approximate surface area is 218 Å². The molecule has 2 fully saturated rings. The Morgan fingerprint density at radius 3 is 2.71 bits per heavy atom. The number of carbonyl (C=O) groups excluding carboxylic acids is 1. The molecule has 1 aliphatic carbocycles. The fraction of sp³-hybridized carbons (Fsp3) is 0.333. The largest absolute Gasteiger partial charge is 0.497 e. The molecule has 3 aliphatic rings. The van der Waals surface area contributed by atoms with E-state index >= 15 is 0 Å². The molecule has 4 aromatic rings. The van der Waals surface area contributed by atoms with E-state index in [4.69, 9.17) is 9.47 Å². The molecule has 0 bridgehead atoms. The van der Waals surface area contributed by atoms with E-state index in [1.54, 1.807) is 14.2 Å². The number of nitrogens with one attached hydrogen (secondary N) is 3. The van der Waals surface area contributed by atoms with Crippen LogP contribution in [0.4, 0.5) is 23.1 Å². The van der Waals surface area contributed by atoms with Crippen LogP contribution in [0.2, 0.25) is 0 Å². The van der Waals surface area contributed by atoms with Crippen molar-refractivity contribution in [2.45, 2.75) is 30.8 Å². The lowest BCUT2D eigenvalue weighted by molar-refractivity contribution is -0.118. The van der Waals surface area contributed by atoms with Gasteiger partial charge in [-0.15, -0.1) is 0 Å². The lowest BCUT2D eigenvalue weighted by atomic mass is 9.91. The zero-order chi connectivity index (χ0) is 26.2. The maximum absolute atomic E-state index is 13.1. The van der Waals surface area contributed by atoms with Crippen molar-refractivity contribution < 1.29 is 19.4 Å². The third-order valence-corrected chi connectivity index (χ3v) is 7.87. The molecular weight excluding hydrogens is 486 g/mol. The first-order valence-corrected chi connectivity index (χ1v) is 12.5. The number of rotatable bonds is 6. The first-order valence-electron chi connectivity index (χ1n) is 12.5. The highest BCUT2D eigenvalue weighted by molar-refractivity contribution is 6.10. The van der Waals surface area contributed by atoms with E-state index in [0.29, 0.717) is 42.1 Å². The van der Waals surface area contributed by atoms with Crippen molar-refractivity contribution in [3.8, 4) is 11.5 Å². The van der Waals surface area contributed by atoms with Crippen LogP contribution in [0.5, 0.6) is 11.5 Å². The molecule has 0 radical (unpaired) electrons. The van der Waals surface area contributed by atoms with Gasteiger partial charge >= 0.3 is 0 Å². The number of ether oxygens (including phenoxy) is 2. The standard InChI is InChI=1S/C27H27N7O4/c1-13-28-24(22(38-3)25(29-13)34-11-15(35)12-34)31-23-17-6-4-14(8-21(17)32-33-23)19-10-27(19)18-9-16(37-2)5-7-20(18)30-26(27)36/h4-9,15,19,35H,10-12H2,1-3H3,(H,30,36)(H2,28,29,31,32,33)/t19-,27-/m0/s1. The number of carbonyl (C=O) groups is 1. The van der Waals surface area contributed by atoms with E-state index in [1.165, 1.54) is 0 Å². The maximum Gasteiger partial charge on any atom is 0.235 e. The normalized spacial score (nSPS) is 21.8. The Bertz CT molecular complexity index is 1610. The van der Waals surface area contributed by atoms with Crippen molar-refractivity contribution in [2.75, 3.05) is 42.8 Å². The Hall–Kier alpha value is -4.38. The number of aromatic nitrogens is 4. The van der Waals surface area contributed by atoms with Gasteiger partial charge in [0.15, 0.2) is 17.5 Å². The summed E-state index contributed by atoms with van der Waals surface area (Å²) in [6.45, 7) is 2.81. The van der Waals surface area contributed by atoms with E-state index in [9.17, 15) is 9.90 Å². The van der Waals surface area contributed by atoms with Crippen molar-refractivity contribution in [2.24, 2.45) is 0 Å². The van der Waals surface area contributed by atoms with E-state index in [-0.39, 0.29) is 17.9 Å². The lowest BCUT2D eigenvalue weighted by Crippen LogP contribution is -2.51. The molecule has 38 heavy (non-hydrogen) atoms. The first kappa shape index (κ1) is 22.8. The Morgan fingerprint density at radius 1 is 1.11 bits per heavy atom. The number of aliphatic hydroxyl groups excluding tert-OH is 1. The number of fused-ring (bicyclic) bond motifs is 3. The summed E-state index contributed by atoms with van der Waals surface area (Å²) in [5.41, 5.74) is 3.22. The van der Waals surface area contributed by atoms with Crippen LogP contribution >= 0.6 is 0 Å². The van der Waals surface area contributed by atoms with Crippen LogP contribution in [0, 0.1) is 6.92 Å². The summed E-state index contributed by atoms with van der Waals surface area (Å²) in [6.07, 6.45) is 0.377. The fourth-order valence-corrected chi connectivity index (χ4v) is 5.82. The molecule has 4 heterocycles. The van der Waals surface area contributed by atoms with Crippen LogP contribution in [0.15, 0.2) is 36.4 Å². The van der Waals surface area contributed by atoms with E-state index in [0.717, 1.165) is 39.9 Å². The summed E-state index contributed by atoms with van der Waals surface area (Å²) in [5.74, 6) is 3.68. The minimum absolute atomic E-state index is 0.0366. The molecule has 0 unspecified atom stereocenters. The molecule has 1 spiro atoms. The average Bonchev–Trinajstić information content (AvgIpc) is 3.45. The summed E-state index contributed by atoms with van der Waals surface area (Å²) in [5, 5.41) is 24.6. The second kappa shape index (κ2) is 8.06. The van der Waals surface area contributed by atoms with Crippen LogP contribution in [-0.2, 0) is 10.2 Å². The van der Waals surface area contributed by atoms with Gasteiger partial charge in [0.1, 0.15) is 11.6 Å². The summed E-state index contributed by atoms with van der Waals surface area (Å²) in [4.78, 5) is 24.1. The number of methoxy groups -OCH3 is 2. The van der Waals surface area contributed by atoms with Gasteiger partial charge in [-0.1, -0.05) is 6.07 Å². The van der Waals surface area contributed by atoms with Gasteiger partial charge in [-0.25, -0.2) is 9.97 Å². The quantitative estimate of drug-likeness (QED) is 0.307. The molecule has 1 saturated carbocycles. The van der Waals surface area contributed by atoms with E-state index in [2.05, 4.69) is 42.9 Å². The van der Waals surface area contributed by atoms with Crippen LogP contribution in [0.3, 0.4) is 0 Å². The molecule has 4 N–H and O–H groups in total. The molecule has 1 saturated heterocycles. The van der Waals surface area contributed by atoms with Crippen LogP contribution in [0.1, 0.15) is 29.3 Å². The highest BCUT2D eigenvalue weighted by Crippen LogP contribution is 2.65. The van der Waals surface area contributed by atoms with Crippen molar-refractivity contribution >= 4 is 40.0 Å². The summed E-state index contributed by atoms with van der Waals surface area (Å²) < 4.78 is 11.1. The van der Waals surface area contributed by atoms with Gasteiger partial charge in [0.05, 0.1) is 31.3 Å². The second-order valence-electron chi connectivity index (χ2n) is 10.1. The molecule has 1 amide bonds. The number of aliphatic hydroxyl groups is 1. The fourth-order valence-electron chi connectivity index (χ4n) is 5.82. The third-order valence-electron chi connectivity index (χ3n) is 7.87. The van der Waals surface area contributed by atoms with Gasteiger partial charge in [0, 0.05) is 30.1 Å². The number of aryl methyl sites for hydroxylation is 1. The summed E-state index contributed by atoms with van der Waals surface area (Å²) >= 11 is 0. The molecule has 7 rings (SSSR count). The number of hydrogen-bond donors (Lipinski definition) is 4.